The standard InChI is InChI=1S/C33H38ClN5O/c1-33(2,3)29-22-27(25-9-11-28(34)12-10-25)21-26(31(29)36-32(40)30-13-15-35-37-30)14-16-38-17-19-39(20-18-38)23-24-7-5-4-6-8-24/h4-13,15,21-22H,14,16-20,23H2,1-3H3,(H,35,37)(H,36,40). The number of hydrogen-bond acceptors (Lipinski definition) is 4. The number of nitrogens with zero attached hydrogens (tertiary/aromatic N) is 3. The summed E-state index contributed by atoms with van der Waals surface area (Å²) in [6.07, 6.45) is 2.43. The Morgan fingerprint density at radius 1 is 0.925 bits per heavy atom. The number of benzene rings is 3. The largest absolute Gasteiger partial charge is 0.320 e. The van der Waals surface area contributed by atoms with Crippen molar-refractivity contribution in [2.45, 2.75) is 39.2 Å². The first kappa shape index (κ1) is 28.1. The van der Waals surface area contributed by atoms with Crippen LogP contribution < -0.4 is 5.32 Å². The highest BCUT2D eigenvalue weighted by Crippen LogP contribution is 2.37. The molecule has 208 valence electrons. The lowest BCUT2D eigenvalue weighted by Gasteiger charge is -2.35. The number of amides is 1. The van der Waals surface area contributed by atoms with E-state index in [1.165, 1.54) is 5.56 Å². The molecule has 4 aromatic rings. The fourth-order valence-electron chi connectivity index (χ4n) is 5.30. The van der Waals surface area contributed by atoms with Gasteiger partial charge in [0.15, 0.2) is 0 Å². The molecule has 1 aliphatic heterocycles. The third-order valence-corrected chi connectivity index (χ3v) is 7.85. The van der Waals surface area contributed by atoms with Crippen LogP contribution in [-0.2, 0) is 18.4 Å². The van der Waals surface area contributed by atoms with Crippen molar-refractivity contribution in [2.75, 3.05) is 38.0 Å². The second-order valence-electron chi connectivity index (χ2n) is 11.6. The van der Waals surface area contributed by atoms with Crippen LogP contribution in [0.5, 0.6) is 0 Å². The molecule has 5 rings (SSSR count). The third kappa shape index (κ3) is 7.00. The first-order valence-corrected chi connectivity index (χ1v) is 14.4. The molecule has 2 heterocycles. The van der Waals surface area contributed by atoms with Crippen LogP contribution in [-0.4, -0.2) is 58.6 Å². The smallest absolute Gasteiger partial charge is 0.273 e. The molecule has 1 saturated heterocycles. The molecule has 0 atom stereocenters. The van der Waals surface area contributed by atoms with Gasteiger partial charge in [0, 0.05) is 56.2 Å². The molecule has 1 aliphatic rings. The Balaban J connectivity index is 1.39. The summed E-state index contributed by atoms with van der Waals surface area (Å²) >= 11 is 6.19. The normalized spacial score (nSPS) is 14.8. The Bertz CT molecular complexity index is 1400. The molecule has 6 nitrogen and oxygen atoms in total. The molecule has 0 saturated carbocycles. The minimum absolute atomic E-state index is 0.182. The van der Waals surface area contributed by atoms with Crippen LogP contribution in [0.1, 0.15) is 48.0 Å². The molecular weight excluding hydrogens is 518 g/mol. The zero-order chi connectivity index (χ0) is 28.1. The van der Waals surface area contributed by atoms with Gasteiger partial charge in [0.1, 0.15) is 5.69 Å². The highest BCUT2D eigenvalue weighted by molar-refractivity contribution is 6.30. The van der Waals surface area contributed by atoms with Gasteiger partial charge in [0.25, 0.3) is 5.91 Å². The first-order chi connectivity index (χ1) is 19.3. The van der Waals surface area contributed by atoms with E-state index in [0.29, 0.717) is 5.69 Å². The van der Waals surface area contributed by atoms with Gasteiger partial charge in [-0.3, -0.25) is 14.8 Å². The van der Waals surface area contributed by atoms with Gasteiger partial charge >= 0.3 is 0 Å². The second kappa shape index (κ2) is 12.4. The van der Waals surface area contributed by atoms with Crippen molar-refractivity contribution >= 4 is 23.2 Å². The predicted molar refractivity (Wildman–Crippen MR) is 164 cm³/mol. The molecule has 1 amide bonds. The lowest BCUT2D eigenvalue weighted by Crippen LogP contribution is -2.46. The van der Waals surface area contributed by atoms with Crippen LogP contribution in [0.2, 0.25) is 5.02 Å². The van der Waals surface area contributed by atoms with E-state index >= 15 is 0 Å². The van der Waals surface area contributed by atoms with E-state index in [1.54, 1.807) is 12.3 Å². The maximum Gasteiger partial charge on any atom is 0.273 e. The highest BCUT2D eigenvalue weighted by Gasteiger charge is 2.25. The lowest BCUT2D eigenvalue weighted by atomic mass is 9.82. The minimum atomic E-state index is -0.184. The average molecular weight is 556 g/mol. The molecule has 0 spiro atoms. The Morgan fingerprint density at radius 3 is 2.27 bits per heavy atom. The molecule has 0 aliphatic carbocycles. The summed E-state index contributed by atoms with van der Waals surface area (Å²) in [7, 11) is 0. The van der Waals surface area contributed by atoms with Crippen LogP contribution in [0.15, 0.2) is 79.0 Å². The van der Waals surface area contributed by atoms with Crippen molar-refractivity contribution in [3.05, 3.63) is 106 Å². The molecule has 0 radical (unpaired) electrons. The van der Waals surface area contributed by atoms with Crippen LogP contribution >= 0.6 is 11.6 Å². The number of aromatic amines is 1. The van der Waals surface area contributed by atoms with Gasteiger partial charge in [-0.1, -0.05) is 74.8 Å². The summed E-state index contributed by atoms with van der Waals surface area (Å²) in [5.74, 6) is -0.182. The summed E-state index contributed by atoms with van der Waals surface area (Å²) in [5, 5.41) is 10.7. The van der Waals surface area contributed by atoms with Gasteiger partial charge < -0.3 is 10.2 Å². The average Bonchev–Trinajstić information content (AvgIpc) is 3.49. The van der Waals surface area contributed by atoms with Gasteiger partial charge in [0.2, 0.25) is 0 Å². The van der Waals surface area contributed by atoms with Gasteiger partial charge in [-0.25, -0.2) is 0 Å². The molecule has 1 aromatic heterocycles. The zero-order valence-corrected chi connectivity index (χ0v) is 24.3. The number of carbonyl (C=O) groups is 1. The van der Waals surface area contributed by atoms with Crippen LogP contribution in [0.4, 0.5) is 5.69 Å². The molecule has 0 unspecified atom stereocenters. The van der Waals surface area contributed by atoms with Crippen molar-refractivity contribution in [3.63, 3.8) is 0 Å². The fourth-order valence-corrected chi connectivity index (χ4v) is 5.43. The van der Waals surface area contributed by atoms with E-state index in [0.717, 1.165) is 78.7 Å². The molecule has 40 heavy (non-hydrogen) atoms. The summed E-state index contributed by atoms with van der Waals surface area (Å²) < 4.78 is 0. The van der Waals surface area contributed by atoms with Crippen LogP contribution in [0.25, 0.3) is 11.1 Å². The summed E-state index contributed by atoms with van der Waals surface area (Å²) in [5.41, 5.74) is 7.00. The molecule has 3 aromatic carbocycles. The van der Waals surface area contributed by atoms with E-state index in [9.17, 15) is 4.79 Å². The summed E-state index contributed by atoms with van der Waals surface area (Å²) in [6, 6.07) is 24.8. The number of rotatable bonds is 8. The maximum atomic E-state index is 13.2. The van der Waals surface area contributed by atoms with E-state index in [1.807, 2.05) is 12.1 Å². The number of hydrogen-bond donors (Lipinski definition) is 2. The van der Waals surface area contributed by atoms with Gasteiger partial charge in [-0.2, -0.15) is 5.10 Å². The number of nitrogens with one attached hydrogen (secondary N) is 2. The van der Waals surface area contributed by atoms with Gasteiger partial charge in [0.05, 0.1) is 0 Å². The summed E-state index contributed by atoms with van der Waals surface area (Å²) in [6.45, 7) is 12.7. The monoisotopic (exact) mass is 555 g/mol. The number of anilines is 1. The quantitative estimate of drug-likeness (QED) is 0.256. The van der Waals surface area contributed by atoms with Gasteiger partial charge in [-0.15, -0.1) is 0 Å². The van der Waals surface area contributed by atoms with Crippen molar-refractivity contribution in [3.8, 4) is 11.1 Å². The van der Waals surface area contributed by atoms with Crippen molar-refractivity contribution in [2.24, 2.45) is 0 Å². The number of carbonyl (C=O) groups excluding carboxylic acids is 1. The van der Waals surface area contributed by atoms with Crippen LogP contribution in [0.3, 0.4) is 0 Å². The van der Waals surface area contributed by atoms with E-state index in [2.05, 4.69) is 101 Å². The second-order valence-corrected chi connectivity index (χ2v) is 12.0. The Kier molecular flexibility index (Phi) is 8.69. The lowest BCUT2D eigenvalue weighted by molar-refractivity contribution is 0.102. The molecular formula is C33H38ClN5O. The number of H-pyrrole nitrogens is 1. The van der Waals surface area contributed by atoms with E-state index in [-0.39, 0.29) is 11.3 Å². The highest BCUT2D eigenvalue weighted by atomic mass is 35.5. The van der Waals surface area contributed by atoms with Gasteiger partial charge in [-0.05, 0) is 70.0 Å². The SMILES string of the molecule is CC(C)(C)c1cc(-c2ccc(Cl)cc2)cc(CCN2CCN(Cc3ccccc3)CC2)c1NC(=O)c1ccn[nH]1. The molecule has 1 fully saturated rings. The number of halogens is 1. The Morgan fingerprint density at radius 2 is 1.62 bits per heavy atom. The first-order valence-electron chi connectivity index (χ1n) is 14.0. The topological polar surface area (TPSA) is 64.3 Å². The van der Waals surface area contributed by atoms with E-state index < -0.39 is 0 Å². The van der Waals surface area contributed by atoms with Crippen molar-refractivity contribution in [1.82, 2.24) is 20.0 Å². The van der Waals surface area contributed by atoms with Crippen molar-refractivity contribution in [1.29, 1.82) is 0 Å². The molecule has 7 heteroatoms. The zero-order valence-electron chi connectivity index (χ0n) is 23.6. The maximum absolute atomic E-state index is 13.2. The third-order valence-electron chi connectivity index (χ3n) is 7.60. The van der Waals surface area contributed by atoms with E-state index in [4.69, 9.17) is 11.6 Å². The number of piperazine rings is 1. The minimum Gasteiger partial charge on any atom is -0.320 e. The molecule has 2 N–H and O–H groups in total. The van der Waals surface area contributed by atoms with Crippen molar-refractivity contribution < 1.29 is 4.79 Å². The Labute approximate surface area is 242 Å². The molecule has 0 bridgehead atoms. The summed E-state index contributed by atoms with van der Waals surface area (Å²) in [4.78, 5) is 18.2. The number of aromatic nitrogens is 2. The fraction of sp³-hybridized carbons (Fsp3) is 0.333. The Hall–Kier alpha value is -3.45. The van der Waals surface area contributed by atoms with Crippen LogP contribution in [0, 0.1) is 0 Å². The predicted octanol–water partition coefficient (Wildman–Crippen LogP) is 6.64.